The minimum atomic E-state index is -4.63. The molecule has 0 fully saturated rings. The van der Waals surface area contributed by atoms with Crippen LogP contribution in [0.4, 0.5) is 13.2 Å². The number of rotatable bonds is 2. The molecular weight excluding hydrogens is 287 g/mol. The Kier molecular flexibility index (Phi) is 3.76. The van der Waals surface area contributed by atoms with Crippen LogP contribution in [0.25, 0.3) is 5.57 Å². The zero-order valence-corrected chi connectivity index (χ0v) is 11.0. The van der Waals surface area contributed by atoms with Crippen molar-refractivity contribution in [3.8, 4) is 0 Å². The summed E-state index contributed by atoms with van der Waals surface area (Å²) in [5, 5.41) is 10.8. The molecule has 0 radical (unpaired) electrons. The fourth-order valence-electron chi connectivity index (χ4n) is 2.17. The van der Waals surface area contributed by atoms with Crippen molar-refractivity contribution in [2.75, 3.05) is 0 Å². The van der Waals surface area contributed by atoms with Crippen molar-refractivity contribution in [2.24, 2.45) is 0 Å². The zero-order chi connectivity index (χ0) is 15.8. The van der Waals surface area contributed by atoms with Crippen LogP contribution in [0.5, 0.6) is 0 Å². The lowest BCUT2D eigenvalue weighted by atomic mass is 9.89. The summed E-state index contributed by atoms with van der Waals surface area (Å²) in [5.41, 5.74) is 0.443. The third-order valence-electron chi connectivity index (χ3n) is 3.25. The van der Waals surface area contributed by atoms with Gasteiger partial charge < -0.3 is 10.4 Å². The first-order valence-corrected chi connectivity index (χ1v) is 6.11. The van der Waals surface area contributed by atoms with Gasteiger partial charge in [-0.3, -0.25) is 4.79 Å². The fourth-order valence-corrected chi connectivity index (χ4v) is 2.17. The summed E-state index contributed by atoms with van der Waals surface area (Å²) < 4.78 is 38.4. The van der Waals surface area contributed by atoms with Gasteiger partial charge in [0.1, 0.15) is 11.6 Å². The largest absolute Gasteiger partial charge is 0.477 e. The van der Waals surface area contributed by atoms with Gasteiger partial charge in [0.2, 0.25) is 0 Å². The van der Waals surface area contributed by atoms with Crippen molar-refractivity contribution >= 4 is 17.4 Å². The Morgan fingerprint density at radius 2 is 1.86 bits per heavy atom. The number of amides is 1. The molecule has 0 bridgehead atoms. The first kappa shape index (κ1) is 15.1. The number of aryl methyl sites for hydroxylation is 1. The SMILES string of the molecule is Cc1ccc(C2=C(C(=O)O)C(=O)NC(C(F)(F)F)C2)cc1. The molecule has 1 aliphatic heterocycles. The molecule has 7 heteroatoms. The maximum Gasteiger partial charge on any atom is 0.408 e. The normalized spacial score (nSPS) is 19.4. The summed E-state index contributed by atoms with van der Waals surface area (Å²) in [7, 11) is 0. The highest BCUT2D eigenvalue weighted by atomic mass is 19.4. The molecule has 1 unspecified atom stereocenters. The number of aliphatic carboxylic acids is 1. The van der Waals surface area contributed by atoms with E-state index in [4.69, 9.17) is 5.11 Å². The second kappa shape index (κ2) is 5.23. The molecule has 112 valence electrons. The number of halogens is 3. The number of carbonyl (C=O) groups excluding carboxylic acids is 1. The number of nitrogens with one attached hydrogen (secondary N) is 1. The van der Waals surface area contributed by atoms with E-state index in [1.807, 2.05) is 0 Å². The number of benzene rings is 1. The highest BCUT2D eigenvalue weighted by Gasteiger charge is 2.45. The molecule has 21 heavy (non-hydrogen) atoms. The highest BCUT2D eigenvalue weighted by molar-refractivity contribution is 6.22. The van der Waals surface area contributed by atoms with E-state index in [9.17, 15) is 22.8 Å². The summed E-state index contributed by atoms with van der Waals surface area (Å²) in [6.45, 7) is 1.79. The second-order valence-corrected chi connectivity index (χ2v) is 4.80. The van der Waals surface area contributed by atoms with E-state index < -0.39 is 36.1 Å². The van der Waals surface area contributed by atoms with Crippen molar-refractivity contribution in [3.05, 3.63) is 41.0 Å². The van der Waals surface area contributed by atoms with Crippen LogP contribution in [0.15, 0.2) is 29.8 Å². The van der Waals surface area contributed by atoms with E-state index in [1.54, 1.807) is 24.4 Å². The second-order valence-electron chi connectivity index (χ2n) is 4.80. The summed E-state index contributed by atoms with van der Waals surface area (Å²) >= 11 is 0. The number of hydrogen-bond acceptors (Lipinski definition) is 2. The number of carbonyl (C=O) groups is 2. The van der Waals surface area contributed by atoms with Gasteiger partial charge in [0.05, 0.1) is 0 Å². The predicted molar refractivity (Wildman–Crippen MR) is 68.3 cm³/mol. The van der Waals surface area contributed by atoms with Gasteiger partial charge in [0, 0.05) is 6.42 Å². The van der Waals surface area contributed by atoms with Crippen molar-refractivity contribution < 1.29 is 27.9 Å². The van der Waals surface area contributed by atoms with Crippen LogP contribution in [0.1, 0.15) is 17.5 Å². The summed E-state index contributed by atoms with van der Waals surface area (Å²) in [6, 6.07) is 4.25. The van der Waals surface area contributed by atoms with Gasteiger partial charge >= 0.3 is 12.1 Å². The van der Waals surface area contributed by atoms with E-state index >= 15 is 0 Å². The van der Waals surface area contributed by atoms with Crippen LogP contribution < -0.4 is 5.32 Å². The van der Waals surface area contributed by atoms with Crippen LogP contribution in [-0.4, -0.2) is 29.2 Å². The Morgan fingerprint density at radius 1 is 1.29 bits per heavy atom. The molecule has 0 saturated carbocycles. The minimum absolute atomic E-state index is 0.103. The molecule has 1 heterocycles. The molecule has 2 rings (SSSR count). The van der Waals surface area contributed by atoms with E-state index in [0.29, 0.717) is 5.56 Å². The van der Waals surface area contributed by atoms with Crippen molar-refractivity contribution in [1.82, 2.24) is 5.32 Å². The van der Waals surface area contributed by atoms with Gasteiger partial charge in [-0.05, 0) is 18.1 Å². The van der Waals surface area contributed by atoms with E-state index in [2.05, 4.69) is 0 Å². The summed E-state index contributed by atoms with van der Waals surface area (Å²) in [6.07, 6.45) is -5.23. The maximum atomic E-state index is 12.8. The number of carboxylic acids is 1. The maximum absolute atomic E-state index is 12.8. The third-order valence-corrected chi connectivity index (χ3v) is 3.25. The molecule has 0 spiro atoms. The smallest absolute Gasteiger partial charge is 0.408 e. The first-order chi connectivity index (χ1) is 9.70. The Morgan fingerprint density at radius 3 is 2.33 bits per heavy atom. The van der Waals surface area contributed by atoms with Crippen molar-refractivity contribution in [1.29, 1.82) is 0 Å². The van der Waals surface area contributed by atoms with Crippen LogP contribution in [0.3, 0.4) is 0 Å². The van der Waals surface area contributed by atoms with E-state index in [-0.39, 0.29) is 5.57 Å². The van der Waals surface area contributed by atoms with E-state index in [0.717, 1.165) is 5.56 Å². The minimum Gasteiger partial charge on any atom is -0.477 e. The van der Waals surface area contributed by atoms with Gasteiger partial charge in [0.25, 0.3) is 5.91 Å². The highest BCUT2D eigenvalue weighted by Crippen LogP contribution is 2.34. The Hall–Kier alpha value is -2.31. The molecule has 0 saturated heterocycles. The molecular formula is C14H12F3NO3. The summed E-state index contributed by atoms with van der Waals surface area (Å²) in [4.78, 5) is 22.9. The Bertz CT molecular complexity index is 617. The van der Waals surface area contributed by atoms with Gasteiger partial charge in [-0.25, -0.2) is 4.79 Å². The number of alkyl halides is 3. The van der Waals surface area contributed by atoms with Crippen molar-refractivity contribution in [3.63, 3.8) is 0 Å². The molecule has 4 nitrogen and oxygen atoms in total. The Labute approximate surface area is 118 Å². The quantitative estimate of drug-likeness (QED) is 0.823. The van der Waals surface area contributed by atoms with Gasteiger partial charge in [0.15, 0.2) is 0 Å². The molecule has 0 aliphatic carbocycles. The van der Waals surface area contributed by atoms with Crippen molar-refractivity contribution in [2.45, 2.75) is 25.6 Å². The molecule has 1 amide bonds. The van der Waals surface area contributed by atoms with Gasteiger partial charge in [-0.15, -0.1) is 0 Å². The number of carboxylic acid groups (broad SMARTS) is 1. The molecule has 1 aromatic rings. The average molecular weight is 299 g/mol. The number of hydrogen-bond donors (Lipinski definition) is 2. The van der Waals surface area contributed by atoms with Gasteiger partial charge in [-0.1, -0.05) is 29.8 Å². The molecule has 1 aromatic carbocycles. The fraction of sp³-hybridized carbons (Fsp3) is 0.286. The molecule has 2 N–H and O–H groups in total. The summed E-state index contributed by atoms with van der Waals surface area (Å²) in [5.74, 6) is -2.75. The van der Waals surface area contributed by atoms with Crippen LogP contribution in [0, 0.1) is 6.92 Å². The van der Waals surface area contributed by atoms with E-state index in [1.165, 1.54) is 12.1 Å². The standard InChI is InChI=1S/C14H12F3NO3/c1-7-2-4-8(5-3-7)9-6-10(14(15,16)17)18-12(19)11(9)13(20)21/h2-5,10H,6H2,1H3,(H,18,19)(H,20,21). The molecule has 1 atom stereocenters. The average Bonchev–Trinajstić information content (AvgIpc) is 2.37. The van der Waals surface area contributed by atoms with Gasteiger partial charge in [-0.2, -0.15) is 13.2 Å². The molecule has 0 aromatic heterocycles. The lowest BCUT2D eigenvalue weighted by Gasteiger charge is -2.28. The zero-order valence-electron chi connectivity index (χ0n) is 11.0. The lowest BCUT2D eigenvalue weighted by Crippen LogP contribution is -2.49. The molecule has 1 aliphatic rings. The lowest BCUT2D eigenvalue weighted by molar-refractivity contribution is -0.161. The monoisotopic (exact) mass is 299 g/mol. The van der Waals surface area contributed by atoms with Crippen LogP contribution >= 0.6 is 0 Å². The predicted octanol–water partition coefficient (Wildman–Crippen LogP) is 2.28. The first-order valence-electron chi connectivity index (χ1n) is 6.11. The topological polar surface area (TPSA) is 66.4 Å². The van der Waals surface area contributed by atoms with Crippen LogP contribution in [0.2, 0.25) is 0 Å². The van der Waals surface area contributed by atoms with Crippen LogP contribution in [-0.2, 0) is 9.59 Å². The Balaban J connectivity index is 2.53. The third kappa shape index (κ3) is 3.07.